The Morgan fingerprint density at radius 3 is 2.92 bits per heavy atom. The number of rotatable bonds is 4. The summed E-state index contributed by atoms with van der Waals surface area (Å²) in [7, 11) is 0. The van der Waals surface area contributed by atoms with Gasteiger partial charge in [0.2, 0.25) is 0 Å². The standard InChI is InChI=1S/C9H17NO3/c1-9(10,5-8(11)12)4-7-2-3-13-6-7/h7H,2-6,10H2,1H3,(H,11,12). The predicted octanol–water partition coefficient (Wildman–Crippen LogP) is 0.605. The molecule has 4 nitrogen and oxygen atoms in total. The zero-order valence-electron chi connectivity index (χ0n) is 7.95. The predicted molar refractivity (Wildman–Crippen MR) is 48.4 cm³/mol. The van der Waals surface area contributed by atoms with Crippen molar-refractivity contribution in [2.45, 2.75) is 31.7 Å². The summed E-state index contributed by atoms with van der Waals surface area (Å²) in [4.78, 5) is 10.5. The van der Waals surface area contributed by atoms with Crippen molar-refractivity contribution >= 4 is 5.97 Å². The van der Waals surface area contributed by atoms with E-state index in [0.29, 0.717) is 5.92 Å². The fraction of sp³-hybridized carbons (Fsp3) is 0.889. The first-order valence-corrected chi connectivity index (χ1v) is 4.58. The van der Waals surface area contributed by atoms with Crippen LogP contribution in [0.4, 0.5) is 0 Å². The van der Waals surface area contributed by atoms with E-state index in [4.69, 9.17) is 15.6 Å². The van der Waals surface area contributed by atoms with Gasteiger partial charge in [0, 0.05) is 18.8 Å². The van der Waals surface area contributed by atoms with Crippen molar-refractivity contribution in [1.82, 2.24) is 0 Å². The molecule has 0 amide bonds. The Bertz CT molecular complexity index is 185. The number of ether oxygens (including phenoxy) is 1. The van der Waals surface area contributed by atoms with Crippen molar-refractivity contribution in [3.8, 4) is 0 Å². The lowest BCUT2D eigenvalue weighted by molar-refractivity contribution is -0.138. The molecule has 76 valence electrons. The summed E-state index contributed by atoms with van der Waals surface area (Å²) in [5.41, 5.74) is 5.27. The molecule has 0 radical (unpaired) electrons. The summed E-state index contributed by atoms with van der Waals surface area (Å²) in [6.07, 6.45) is 1.77. The second-order valence-electron chi connectivity index (χ2n) is 4.16. The molecule has 0 bridgehead atoms. The summed E-state index contributed by atoms with van der Waals surface area (Å²) in [5, 5.41) is 8.61. The quantitative estimate of drug-likeness (QED) is 0.676. The maximum Gasteiger partial charge on any atom is 0.305 e. The van der Waals surface area contributed by atoms with Gasteiger partial charge in [-0.15, -0.1) is 0 Å². The lowest BCUT2D eigenvalue weighted by atomic mass is 9.87. The lowest BCUT2D eigenvalue weighted by Crippen LogP contribution is -2.40. The zero-order valence-corrected chi connectivity index (χ0v) is 7.95. The molecule has 0 aromatic heterocycles. The Morgan fingerprint density at radius 1 is 1.77 bits per heavy atom. The monoisotopic (exact) mass is 187 g/mol. The highest BCUT2D eigenvalue weighted by molar-refractivity contribution is 5.68. The summed E-state index contributed by atoms with van der Waals surface area (Å²) in [6.45, 7) is 3.31. The van der Waals surface area contributed by atoms with Crippen LogP contribution in [0.1, 0.15) is 26.2 Å². The third-order valence-corrected chi connectivity index (χ3v) is 2.33. The number of nitrogens with two attached hydrogens (primary N) is 1. The summed E-state index contributed by atoms with van der Waals surface area (Å²) < 4.78 is 5.20. The summed E-state index contributed by atoms with van der Waals surface area (Å²) in [6, 6.07) is 0. The molecule has 0 spiro atoms. The third-order valence-electron chi connectivity index (χ3n) is 2.33. The van der Waals surface area contributed by atoms with Crippen LogP contribution in [-0.2, 0) is 9.53 Å². The molecule has 2 unspecified atom stereocenters. The Morgan fingerprint density at radius 2 is 2.46 bits per heavy atom. The second kappa shape index (κ2) is 4.07. The first-order valence-electron chi connectivity index (χ1n) is 4.58. The average molecular weight is 187 g/mol. The van der Waals surface area contributed by atoms with Gasteiger partial charge >= 0.3 is 5.97 Å². The molecule has 1 fully saturated rings. The van der Waals surface area contributed by atoms with E-state index in [-0.39, 0.29) is 6.42 Å². The SMILES string of the molecule is CC(N)(CC(=O)O)CC1CCOC1. The van der Waals surface area contributed by atoms with Crippen LogP contribution >= 0.6 is 0 Å². The lowest BCUT2D eigenvalue weighted by Gasteiger charge is -2.25. The summed E-state index contributed by atoms with van der Waals surface area (Å²) in [5.74, 6) is -0.390. The Hall–Kier alpha value is -0.610. The van der Waals surface area contributed by atoms with E-state index in [0.717, 1.165) is 26.1 Å². The fourth-order valence-corrected chi connectivity index (χ4v) is 1.82. The van der Waals surface area contributed by atoms with Crippen LogP contribution in [0.25, 0.3) is 0 Å². The van der Waals surface area contributed by atoms with E-state index in [1.807, 2.05) is 0 Å². The molecule has 13 heavy (non-hydrogen) atoms. The average Bonchev–Trinajstić information content (AvgIpc) is 2.34. The Kier molecular flexibility index (Phi) is 3.27. The van der Waals surface area contributed by atoms with E-state index in [9.17, 15) is 4.79 Å². The van der Waals surface area contributed by atoms with Crippen LogP contribution < -0.4 is 5.73 Å². The van der Waals surface area contributed by atoms with Gasteiger partial charge in [-0.25, -0.2) is 0 Å². The third kappa shape index (κ3) is 3.74. The fourth-order valence-electron chi connectivity index (χ4n) is 1.82. The van der Waals surface area contributed by atoms with E-state index < -0.39 is 11.5 Å². The molecule has 4 heteroatoms. The minimum atomic E-state index is -0.830. The number of hydrogen-bond donors (Lipinski definition) is 2. The molecular weight excluding hydrogens is 170 g/mol. The van der Waals surface area contributed by atoms with Gasteiger partial charge in [0.25, 0.3) is 0 Å². The molecule has 0 saturated carbocycles. The highest BCUT2D eigenvalue weighted by Gasteiger charge is 2.28. The number of carbonyl (C=O) groups is 1. The maximum atomic E-state index is 10.5. The molecule has 0 aromatic carbocycles. The molecule has 1 aliphatic rings. The molecular formula is C9H17NO3. The minimum absolute atomic E-state index is 0.0312. The molecule has 1 rings (SSSR count). The Labute approximate surface area is 78.1 Å². The first kappa shape index (κ1) is 10.5. The Balaban J connectivity index is 2.35. The van der Waals surface area contributed by atoms with Crippen LogP contribution in [0.3, 0.4) is 0 Å². The molecule has 0 aliphatic carbocycles. The highest BCUT2D eigenvalue weighted by Crippen LogP contribution is 2.24. The van der Waals surface area contributed by atoms with Gasteiger partial charge in [-0.1, -0.05) is 0 Å². The van der Waals surface area contributed by atoms with Crippen LogP contribution in [0.2, 0.25) is 0 Å². The van der Waals surface area contributed by atoms with E-state index in [2.05, 4.69) is 0 Å². The molecule has 1 aliphatic heterocycles. The smallest absolute Gasteiger partial charge is 0.305 e. The van der Waals surface area contributed by atoms with Gasteiger partial charge in [0.1, 0.15) is 0 Å². The normalized spacial score (nSPS) is 27.1. The number of aliphatic carboxylic acids is 1. The van der Waals surface area contributed by atoms with Gasteiger partial charge in [0.05, 0.1) is 6.42 Å². The van der Waals surface area contributed by atoms with Gasteiger partial charge in [-0.2, -0.15) is 0 Å². The number of carboxylic acid groups (broad SMARTS) is 1. The van der Waals surface area contributed by atoms with Crippen molar-refractivity contribution in [3.05, 3.63) is 0 Å². The maximum absolute atomic E-state index is 10.5. The van der Waals surface area contributed by atoms with Crippen molar-refractivity contribution in [1.29, 1.82) is 0 Å². The first-order chi connectivity index (χ1) is 5.99. The molecule has 2 atom stereocenters. The highest BCUT2D eigenvalue weighted by atomic mass is 16.5. The molecule has 1 saturated heterocycles. The van der Waals surface area contributed by atoms with Gasteiger partial charge < -0.3 is 15.6 Å². The second-order valence-corrected chi connectivity index (χ2v) is 4.16. The van der Waals surface area contributed by atoms with E-state index in [1.165, 1.54) is 0 Å². The minimum Gasteiger partial charge on any atom is -0.481 e. The van der Waals surface area contributed by atoms with Crippen molar-refractivity contribution in [2.24, 2.45) is 11.7 Å². The molecule has 3 N–H and O–H groups in total. The molecule has 0 aromatic rings. The van der Waals surface area contributed by atoms with Crippen LogP contribution in [0, 0.1) is 5.92 Å². The van der Waals surface area contributed by atoms with Crippen molar-refractivity contribution < 1.29 is 14.6 Å². The van der Waals surface area contributed by atoms with Crippen molar-refractivity contribution in [2.75, 3.05) is 13.2 Å². The van der Waals surface area contributed by atoms with Crippen LogP contribution in [0.15, 0.2) is 0 Å². The zero-order chi connectivity index (χ0) is 9.90. The van der Waals surface area contributed by atoms with Gasteiger partial charge in [0.15, 0.2) is 0 Å². The van der Waals surface area contributed by atoms with Gasteiger partial charge in [-0.3, -0.25) is 4.79 Å². The summed E-state index contributed by atoms with van der Waals surface area (Å²) >= 11 is 0. The number of carboxylic acids is 1. The van der Waals surface area contributed by atoms with Gasteiger partial charge in [-0.05, 0) is 25.7 Å². The van der Waals surface area contributed by atoms with Crippen LogP contribution in [-0.4, -0.2) is 29.8 Å². The van der Waals surface area contributed by atoms with E-state index >= 15 is 0 Å². The topological polar surface area (TPSA) is 72.6 Å². The van der Waals surface area contributed by atoms with Crippen LogP contribution in [0.5, 0.6) is 0 Å². The van der Waals surface area contributed by atoms with E-state index in [1.54, 1.807) is 6.92 Å². The molecule has 1 heterocycles. The van der Waals surface area contributed by atoms with Crippen molar-refractivity contribution in [3.63, 3.8) is 0 Å². The number of hydrogen-bond acceptors (Lipinski definition) is 3. The largest absolute Gasteiger partial charge is 0.481 e.